The highest BCUT2D eigenvalue weighted by Gasteiger charge is 2.50. The predicted molar refractivity (Wildman–Crippen MR) is 116 cm³/mol. The Morgan fingerprint density at radius 1 is 0.500 bits per heavy atom. The van der Waals surface area contributed by atoms with Crippen molar-refractivity contribution in [2.24, 2.45) is 23.2 Å². The molecule has 26 heavy (non-hydrogen) atoms. The van der Waals surface area contributed by atoms with Gasteiger partial charge >= 0.3 is 0 Å². The average Bonchev–Trinajstić information content (AvgIpc) is 3.40. The molecule has 152 valence electrons. The molecule has 0 atom stereocenters. The maximum atomic E-state index is 2.34. The van der Waals surface area contributed by atoms with Gasteiger partial charge in [0.2, 0.25) is 0 Å². The van der Waals surface area contributed by atoms with E-state index in [2.05, 4.69) is 6.92 Å². The van der Waals surface area contributed by atoms with Crippen molar-refractivity contribution in [2.75, 3.05) is 0 Å². The molecule has 0 amide bonds. The molecule has 0 heteroatoms. The van der Waals surface area contributed by atoms with Crippen LogP contribution in [0.15, 0.2) is 0 Å². The fourth-order valence-electron chi connectivity index (χ4n) is 7.57. The zero-order valence-corrected chi connectivity index (χ0v) is 18.1. The van der Waals surface area contributed by atoms with Crippen LogP contribution >= 0.6 is 0 Å². The molecule has 0 unspecified atom stereocenters. The Morgan fingerprint density at radius 3 is 1.35 bits per heavy atom. The van der Waals surface area contributed by atoms with Crippen LogP contribution in [-0.2, 0) is 0 Å². The van der Waals surface area contributed by atoms with E-state index in [-0.39, 0.29) is 0 Å². The third-order valence-corrected chi connectivity index (χ3v) is 8.81. The normalized spacial score (nSPS) is 23.9. The lowest BCUT2D eigenvalue weighted by Gasteiger charge is -2.52. The zero-order chi connectivity index (χ0) is 18.1. The fourth-order valence-corrected chi connectivity index (χ4v) is 7.57. The van der Waals surface area contributed by atoms with Gasteiger partial charge in [0.05, 0.1) is 0 Å². The van der Waals surface area contributed by atoms with E-state index in [1.54, 1.807) is 89.9 Å². The van der Waals surface area contributed by atoms with Gasteiger partial charge in [-0.2, -0.15) is 0 Å². The van der Waals surface area contributed by atoms with Crippen molar-refractivity contribution in [1.82, 2.24) is 0 Å². The quantitative estimate of drug-likeness (QED) is 0.322. The Morgan fingerprint density at radius 2 is 0.885 bits per heavy atom. The lowest BCUT2D eigenvalue weighted by Crippen LogP contribution is -2.44. The molecule has 3 saturated carbocycles. The highest BCUT2D eigenvalue weighted by Crippen LogP contribution is 2.60. The molecule has 3 rings (SSSR count). The lowest BCUT2D eigenvalue weighted by molar-refractivity contribution is -0.0256. The van der Waals surface area contributed by atoms with Gasteiger partial charge in [-0.25, -0.2) is 0 Å². The third-order valence-electron chi connectivity index (χ3n) is 8.81. The smallest absolute Gasteiger partial charge is 0.0213 e. The monoisotopic (exact) mass is 360 g/mol. The molecular formula is C26H48. The average molecular weight is 361 g/mol. The van der Waals surface area contributed by atoms with Gasteiger partial charge < -0.3 is 0 Å². The molecule has 3 aliphatic rings. The Balaban J connectivity index is 1.64. The summed E-state index contributed by atoms with van der Waals surface area (Å²) in [6.07, 6.45) is 32.3. The second-order valence-electron chi connectivity index (χ2n) is 10.3. The summed E-state index contributed by atoms with van der Waals surface area (Å²) in [5, 5.41) is 0. The highest BCUT2D eigenvalue weighted by atomic mass is 14.6. The van der Waals surface area contributed by atoms with E-state index >= 15 is 0 Å². The zero-order valence-electron chi connectivity index (χ0n) is 18.1. The van der Waals surface area contributed by atoms with Gasteiger partial charge in [0.1, 0.15) is 0 Å². The summed E-state index contributed by atoms with van der Waals surface area (Å²) in [6.45, 7) is 2.34. The maximum absolute atomic E-state index is 2.34. The van der Waals surface area contributed by atoms with Gasteiger partial charge in [-0.15, -0.1) is 0 Å². The van der Waals surface area contributed by atoms with Crippen LogP contribution in [0.25, 0.3) is 0 Å². The van der Waals surface area contributed by atoms with Crippen molar-refractivity contribution in [2.45, 2.75) is 142 Å². The van der Waals surface area contributed by atoms with Gasteiger partial charge in [-0.3, -0.25) is 0 Å². The highest BCUT2D eigenvalue weighted by molar-refractivity contribution is 5.00. The van der Waals surface area contributed by atoms with Crippen molar-refractivity contribution in [3.63, 3.8) is 0 Å². The van der Waals surface area contributed by atoms with Crippen LogP contribution in [0, 0.1) is 23.2 Å². The molecule has 0 radical (unpaired) electrons. The Bertz CT molecular complexity index is 336. The number of rotatable bonds is 11. The standard InChI is InChI=1S/C26H48/c1-2-3-4-5-6-7-15-22-26(24-18-11-12-19-24,25-20-13-14-21-25)23-16-9-8-10-17-23/h23-25H,2-22H2,1H3. The first-order chi connectivity index (χ1) is 12.9. The third kappa shape index (κ3) is 5.08. The van der Waals surface area contributed by atoms with Crippen LogP contribution in [0.5, 0.6) is 0 Å². The minimum Gasteiger partial charge on any atom is -0.0654 e. The molecule has 0 saturated heterocycles. The van der Waals surface area contributed by atoms with Crippen LogP contribution in [0.3, 0.4) is 0 Å². The van der Waals surface area contributed by atoms with Crippen LogP contribution < -0.4 is 0 Å². The topological polar surface area (TPSA) is 0 Å². The van der Waals surface area contributed by atoms with E-state index in [0.29, 0.717) is 0 Å². The summed E-state index contributed by atoms with van der Waals surface area (Å²) in [5.41, 5.74) is 0.775. The predicted octanol–water partition coefficient (Wildman–Crippen LogP) is 9.07. The van der Waals surface area contributed by atoms with Gasteiger partial charge in [-0.1, -0.05) is 96.8 Å². The molecule has 0 aromatic heterocycles. The fraction of sp³-hybridized carbons (Fsp3) is 1.00. The summed E-state index contributed by atoms with van der Waals surface area (Å²) in [5.74, 6) is 3.31. The first-order valence-corrected chi connectivity index (χ1v) is 12.9. The maximum Gasteiger partial charge on any atom is -0.0213 e. The van der Waals surface area contributed by atoms with Crippen molar-refractivity contribution in [1.29, 1.82) is 0 Å². The summed E-state index contributed by atoms with van der Waals surface area (Å²) < 4.78 is 0. The largest absolute Gasteiger partial charge is 0.0654 e. The van der Waals surface area contributed by atoms with Gasteiger partial charge in [-0.05, 0) is 68.1 Å². The van der Waals surface area contributed by atoms with Gasteiger partial charge in [0.25, 0.3) is 0 Å². The van der Waals surface area contributed by atoms with Crippen molar-refractivity contribution < 1.29 is 0 Å². The van der Waals surface area contributed by atoms with Gasteiger partial charge in [0.15, 0.2) is 0 Å². The van der Waals surface area contributed by atoms with Crippen LogP contribution in [0.4, 0.5) is 0 Å². The SMILES string of the molecule is CCCCCCCCCC(C1CCCCC1)(C1CCCC1)C1CCCC1. The summed E-state index contributed by atoms with van der Waals surface area (Å²) in [6, 6.07) is 0. The minimum atomic E-state index is 0.775. The minimum absolute atomic E-state index is 0.775. The van der Waals surface area contributed by atoms with Crippen LogP contribution in [0.1, 0.15) is 142 Å². The molecule has 0 heterocycles. The summed E-state index contributed by atoms with van der Waals surface area (Å²) in [7, 11) is 0. The molecule has 0 aliphatic heterocycles. The first kappa shape index (κ1) is 20.7. The molecule has 0 aromatic rings. The summed E-state index contributed by atoms with van der Waals surface area (Å²) in [4.78, 5) is 0. The van der Waals surface area contributed by atoms with Crippen LogP contribution in [-0.4, -0.2) is 0 Å². The summed E-state index contributed by atoms with van der Waals surface area (Å²) >= 11 is 0. The van der Waals surface area contributed by atoms with E-state index in [0.717, 1.165) is 23.2 Å². The van der Waals surface area contributed by atoms with E-state index in [1.807, 2.05) is 0 Å². The molecular weight excluding hydrogens is 312 g/mol. The number of hydrogen-bond acceptors (Lipinski definition) is 0. The second-order valence-corrected chi connectivity index (χ2v) is 10.3. The van der Waals surface area contributed by atoms with E-state index < -0.39 is 0 Å². The molecule has 0 bridgehead atoms. The number of hydrogen-bond donors (Lipinski definition) is 0. The van der Waals surface area contributed by atoms with Crippen LogP contribution in [0.2, 0.25) is 0 Å². The second kappa shape index (κ2) is 11.1. The van der Waals surface area contributed by atoms with E-state index in [1.165, 1.54) is 44.9 Å². The van der Waals surface area contributed by atoms with Gasteiger partial charge in [0, 0.05) is 0 Å². The Labute approximate surface area is 165 Å². The number of unbranched alkanes of at least 4 members (excludes halogenated alkanes) is 6. The molecule has 0 spiro atoms. The van der Waals surface area contributed by atoms with Crippen molar-refractivity contribution >= 4 is 0 Å². The Hall–Kier alpha value is 0. The first-order valence-electron chi connectivity index (χ1n) is 12.9. The Kier molecular flexibility index (Phi) is 8.86. The lowest BCUT2D eigenvalue weighted by atomic mass is 9.53. The molecule has 0 N–H and O–H groups in total. The van der Waals surface area contributed by atoms with Crippen molar-refractivity contribution in [3.05, 3.63) is 0 Å². The van der Waals surface area contributed by atoms with E-state index in [9.17, 15) is 0 Å². The molecule has 3 fully saturated rings. The molecule has 3 aliphatic carbocycles. The molecule has 0 aromatic carbocycles. The van der Waals surface area contributed by atoms with E-state index in [4.69, 9.17) is 0 Å². The molecule has 0 nitrogen and oxygen atoms in total. The van der Waals surface area contributed by atoms with Crippen molar-refractivity contribution in [3.8, 4) is 0 Å².